The minimum absolute atomic E-state index is 0. The first-order valence-electron chi connectivity index (χ1n) is 20.1. The van der Waals surface area contributed by atoms with E-state index >= 15 is 0 Å². The van der Waals surface area contributed by atoms with Crippen LogP contribution in [-0.4, -0.2) is 51.5 Å². The molecular formula is C45H69IrN2O2SeSi2-. The first-order valence-corrected chi connectivity index (χ1v) is 27.9. The molecule has 0 saturated carbocycles. The Morgan fingerprint density at radius 3 is 1.87 bits per heavy atom. The summed E-state index contributed by atoms with van der Waals surface area (Å²) in [6, 6.07) is 19.1. The quantitative estimate of drug-likeness (QED) is 0.0526. The molecule has 4 aromatic rings. The topological polar surface area (TPSA) is 63.1 Å². The molecule has 0 aliphatic heterocycles. The van der Waals surface area contributed by atoms with Crippen LogP contribution < -0.4 is 9.25 Å². The minimum atomic E-state index is -1.68. The predicted molar refractivity (Wildman–Crippen MR) is 234 cm³/mol. The molecule has 0 saturated heterocycles. The Labute approximate surface area is 344 Å². The second-order valence-corrected chi connectivity index (χ2v) is 29.7. The molecule has 1 radical (unpaired) electrons. The van der Waals surface area contributed by atoms with Gasteiger partial charge in [-0.3, -0.25) is 4.79 Å². The van der Waals surface area contributed by atoms with Crippen molar-refractivity contribution in [2.75, 3.05) is 0 Å². The summed E-state index contributed by atoms with van der Waals surface area (Å²) in [5.41, 5.74) is 5.00. The monoisotopic (exact) mass is 998 g/mol. The van der Waals surface area contributed by atoms with Gasteiger partial charge in [0.15, 0.2) is 5.78 Å². The number of aliphatic hydroxyl groups is 1. The Kier molecular flexibility index (Phi) is 18.8. The molecular weight excluding hydrogens is 928 g/mol. The molecule has 2 aromatic heterocycles. The van der Waals surface area contributed by atoms with Crippen molar-refractivity contribution < 1.29 is 30.0 Å². The van der Waals surface area contributed by atoms with E-state index in [0.29, 0.717) is 0 Å². The number of ketones is 1. The predicted octanol–water partition coefficient (Wildman–Crippen LogP) is 11.7. The largest absolute Gasteiger partial charge is 0 e. The van der Waals surface area contributed by atoms with Crippen molar-refractivity contribution in [3.8, 4) is 11.3 Å². The van der Waals surface area contributed by atoms with Crippen molar-refractivity contribution in [2.24, 2.45) is 29.6 Å². The first kappa shape index (κ1) is 47.5. The van der Waals surface area contributed by atoms with Crippen molar-refractivity contribution in [3.63, 3.8) is 0 Å². The Balaban J connectivity index is 0.000000516. The van der Waals surface area contributed by atoms with E-state index < -0.39 is 16.1 Å². The van der Waals surface area contributed by atoms with Gasteiger partial charge in [-0.15, -0.1) is 0 Å². The van der Waals surface area contributed by atoms with Gasteiger partial charge in [-0.1, -0.05) is 27.7 Å². The number of aryl methyl sites for hydroxylation is 1. The van der Waals surface area contributed by atoms with Crippen molar-refractivity contribution in [1.82, 2.24) is 9.97 Å². The summed E-state index contributed by atoms with van der Waals surface area (Å²) in [5.74, 6) is 2.72. The molecule has 0 aliphatic carbocycles. The maximum atomic E-state index is 11.7. The molecule has 0 unspecified atom stereocenters. The number of carbonyl (C=O) groups is 1. The van der Waals surface area contributed by atoms with Crippen LogP contribution in [0.15, 0.2) is 48.5 Å². The van der Waals surface area contributed by atoms with Gasteiger partial charge in [0.05, 0.1) is 5.76 Å². The fourth-order valence-corrected chi connectivity index (χ4v) is 22.4. The number of hydrogen-bond acceptors (Lipinski definition) is 4. The van der Waals surface area contributed by atoms with Crippen LogP contribution >= 0.6 is 0 Å². The summed E-state index contributed by atoms with van der Waals surface area (Å²) in [5, 5.41) is 13.8. The molecule has 2 heterocycles. The third kappa shape index (κ3) is 12.2. The second kappa shape index (κ2) is 21.0. The zero-order valence-electron chi connectivity index (χ0n) is 35.4. The number of carbonyl (C=O) groups excluding carboxylic acids is 1. The van der Waals surface area contributed by atoms with Gasteiger partial charge >= 0.3 is 234 Å². The number of hydrogen-bond donors (Lipinski definition) is 1. The second-order valence-electron chi connectivity index (χ2n) is 17.4. The fourth-order valence-electron chi connectivity index (χ4n) is 8.35. The summed E-state index contributed by atoms with van der Waals surface area (Å²) in [6.07, 6.45) is 6.72. The molecule has 0 fully saturated rings. The summed E-state index contributed by atoms with van der Waals surface area (Å²) in [6.45, 7) is 32.4. The van der Waals surface area contributed by atoms with E-state index in [2.05, 4.69) is 105 Å². The number of benzene rings is 2. The van der Waals surface area contributed by atoms with Crippen LogP contribution in [0.2, 0.25) is 37.8 Å². The first-order chi connectivity index (χ1) is 24.4. The summed E-state index contributed by atoms with van der Waals surface area (Å²) >= 11 is 0.277. The van der Waals surface area contributed by atoms with E-state index in [1.54, 1.807) is 0 Å². The van der Waals surface area contributed by atoms with Crippen molar-refractivity contribution in [2.45, 2.75) is 140 Å². The zero-order chi connectivity index (χ0) is 39.0. The summed E-state index contributed by atoms with van der Waals surface area (Å²) < 4.78 is 3.22. The molecule has 0 bridgehead atoms. The number of rotatable bonds is 16. The molecule has 1 N–H and O–H groups in total. The third-order valence-corrected chi connectivity index (χ3v) is 24.2. The van der Waals surface area contributed by atoms with E-state index in [4.69, 9.17) is 9.97 Å². The van der Waals surface area contributed by atoms with Gasteiger partial charge in [-0.25, -0.2) is 0 Å². The molecule has 4 nitrogen and oxygen atoms in total. The van der Waals surface area contributed by atoms with Gasteiger partial charge in [0.1, 0.15) is 0 Å². The van der Waals surface area contributed by atoms with Crippen molar-refractivity contribution >= 4 is 66.2 Å². The van der Waals surface area contributed by atoms with Crippen LogP contribution in [-0.2, 0) is 24.9 Å². The maximum absolute atomic E-state index is 11.7. The standard InChI is InChI=1S/C32H45N2SeSi2.C13H24O2.Ir/c1-21(2)17-37(18-22(3)4,19-23(5)6)32-24(7)29-31(35-32)30(34-20-33-29)26-15-25-13-11-12-14-27(25)28(16-26)36(8,9)10;1-5-10(6-2)12(14)9-13(15)11(7-3)8-4;/h11-14,16,20-23H,17-19H2,1-10H3;9-11,14H,5-8H2,1-4H3;/q-1;;/b;12-9-;. The maximum Gasteiger partial charge on any atom is 0 e. The molecule has 0 atom stereocenters. The fraction of sp³-hybridized carbons (Fsp3) is 0.578. The smallest absolute Gasteiger partial charge is 0 e. The van der Waals surface area contributed by atoms with Gasteiger partial charge in [-0.2, -0.15) is 0 Å². The molecule has 2 aromatic carbocycles. The molecule has 4 rings (SSSR count). The van der Waals surface area contributed by atoms with Crippen molar-refractivity contribution in [3.05, 3.63) is 60.1 Å². The Hall–Kier alpha value is -1.67. The Morgan fingerprint density at radius 2 is 1.38 bits per heavy atom. The average molecular weight is 997 g/mol. The zero-order valence-corrected chi connectivity index (χ0v) is 41.5. The van der Waals surface area contributed by atoms with Crippen molar-refractivity contribution in [1.29, 1.82) is 0 Å². The van der Waals surface area contributed by atoms with Crippen LogP contribution in [0.1, 0.15) is 100 Å². The number of allylic oxidation sites excluding steroid dienone is 2. The van der Waals surface area contributed by atoms with Crippen LogP contribution in [0.3, 0.4) is 0 Å². The van der Waals surface area contributed by atoms with Crippen LogP contribution in [0, 0.1) is 42.6 Å². The number of nitrogens with zero attached hydrogens (tertiary/aromatic N) is 2. The van der Waals surface area contributed by atoms with E-state index in [0.717, 1.165) is 54.7 Å². The van der Waals surface area contributed by atoms with Gasteiger partial charge in [0, 0.05) is 38.0 Å². The summed E-state index contributed by atoms with van der Waals surface area (Å²) in [4.78, 5) is 21.6. The Morgan fingerprint density at radius 1 is 0.849 bits per heavy atom. The molecule has 0 aliphatic rings. The van der Waals surface area contributed by atoms with Gasteiger partial charge in [-0.05, 0) is 25.7 Å². The van der Waals surface area contributed by atoms with Crippen LogP contribution in [0.25, 0.3) is 31.8 Å². The molecule has 295 valence electrons. The molecule has 0 spiro atoms. The van der Waals surface area contributed by atoms with E-state index in [1.807, 2.05) is 38.1 Å². The molecule has 53 heavy (non-hydrogen) atoms. The molecule has 8 heteroatoms. The number of aliphatic hydroxyl groups excluding tert-OH is 1. The number of fused-ring (bicyclic) bond motifs is 2. The minimum Gasteiger partial charge on any atom is 0 e. The SMILES string of the molecule is CCC(CC)C(=O)/C=C(\O)C(CC)CC.Cc1c([Si](CC(C)C)(CC(C)C)CC(C)C)[se]c2c(-c3[c-]c4ccccc4c([Si](C)(C)C)c3)ncnc12.[Ir]. The van der Waals surface area contributed by atoms with Crippen LogP contribution in [0.5, 0.6) is 0 Å². The van der Waals surface area contributed by atoms with E-state index in [-0.39, 0.29) is 58.0 Å². The number of aromatic nitrogens is 2. The van der Waals surface area contributed by atoms with Gasteiger partial charge < -0.3 is 5.11 Å². The van der Waals surface area contributed by atoms with E-state index in [1.165, 1.54) is 55.5 Å². The average Bonchev–Trinajstić information content (AvgIpc) is 3.41. The van der Waals surface area contributed by atoms with E-state index in [9.17, 15) is 9.90 Å². The van der Waals surface area contributed by atoms with Crippen LogP contribution in [0.4, 0.5) is 0 Å². The third-order valence-electron chi connectivity index (χ3n) is 10.5. The Bertz CT molecular complexity index is 1770. The summed E-state index contributed by atoms with van der Waals surface area (Å²) in [7, 11) is -3.25. The molecule has 0 amide bonds. The normalized spacial score (nSPS) is 12.7. The van der Waals surface area contributed by atoms with Gasteiger partial charge in [0.25, 0.3) is 0 Å². The van der Waals surface area contributed by atoms with Gasteiger partial charge in [0.2, 0.25) is 0 Å².